The molecule has 1 aliphatic carbocycles. The number of carbonyl (C=O) groups excluding carboxylic acids is 2. The minimum absolute atomic E-state index is 0.0228. The van der Waals surface area contributed by atoms with Gasteiger partial charge in [-0.15, -0.1) is 10.2 Å². The van der Waals surface area contributed by atoms with Crippen molar-refractivity contribution in [1.82, 2.24) is 15.5 Å². The van der Waals surface area contributed by atoms with Gasteiger partial charge in [-0.05, 0) is 62.1 Å². The van der Waals surface area contributed by atoms with Crippen molar-refractivity contribution in [1.29, 1.82) is 0 Å². The summed E-state index contributed by atoms with van der Waals surface area (Å²) >= 11 is 1.27. The molecular weight excluding hydrogens is 462 g/mol. The van der Waals surface area contributed by atoms with Crippen LogP contribution in [0.5, 0.6) is 0 Å². The number of piperidine rings is 1. The van der Waals surface area contributed by atoms with Gasteiger partial charge in [0, 0.05) is 31.1 Å². The highest BCUT2D eigenvalue weighted by Crippen LogP contribution is 2.25. The molecule has 0 unspecified atom stereocenters. The van der Waals surface area contributed by atoms with Crippen molar-refractivity contribution in [3.8, 4) is 0 Å². The van der Waals surface area contributed by atoms with E-state index in [-0.39, 0.29) is 28.4 Å². The Labute approximate surface area is 197 Å². The topological polar surface area (TPSA) is 121 Å². The smallest absolute Gasteiger partial charge is 0.234 e. The molecular formula is C22H27N5O4S2. The van der Waals surface area contributed by atoms with Gasteiger partial charge < -0.3 is 15.5 Å². The molecule has 176 valence electrons. The monoisotopic (exact) mass is 489 g/mol. The first-order chi connectivity index (χ1) is 15.8. The number of amides is 2. The number of thioether (sulfide) groups is 1. The Morgan fingerprint density at radius 2 is 1.85 bits per heavy atom. The van der Waals surface area contributed by atoms with Crippen LogP contribution in [0.1, 0.15) is 25.7 Å². The first kappa shape index (κ1) is 23.5. The predicted molar refractivity (Wildman–Crippen MR) is 127 cm³/mol. The Morgan fingerprint density at radius 1 is 1.09 bits per heavy atom. The van der Waals surface area contributed by atoms with Gasteiger partial charge in [0.05, 0.1) is 16.6 Å². The lowest BCUT2D eigenvalue weighted by Gasteiger charge is -2.32. The lowest BCUT2D eigenvalue weighted by atomic mass is 9.97. The van der Waals surface area contributed by atoms with Gasteiger partial charge in [0.25, 0.3) is 0 Å². The number of rotatable bonds is 8. The van der Waals surface area contributed by atoms with Crippen LogP contribution in [0.25, 0.3) is 0 Å². The van der Waals surface area contributed by atoms with Crippen LogP contribution < -0.4 is 15.5 Å². The molecule has 1 saturated heterocycles. The van der Waals surface area contributed by atoms with E-state index in [1.165, 1.54) is 23.9 Å². The van der Waals surface area contributed by atoms with Gasteiger partial charge >= 0.3 is 0 Å². The van der Waals surface area contributed by atoms with Gasteiger partial charge in [0.1, 0.15) is 5.03 Å². The largest absolute Gasteiger partial charge is 0.354 e. The van der Waals surface area contributed by atoms with Crippen LogP contribution in [-0.2, 0) is 19.4 Å². The molecule has 1 aromatic carbocycles. The number of hydrogen-bond donors (Lipinski definition) is 2. The second-order valence-corrected chi connectivity index (χ2v) is 11.4. The van der Waals surface area contributed by atoms with Crippen LogP contribution >= 0.6 is 11.8 Å². The third kappa shape index (κ3) is 6.67. The van der Waals surface area contributed by atoms with Crippen LogP contribution in [0.2, 0.25) is 0 Å². The Balaban J connectivity index is 1.26. The molecule has 2 N–H and O–H groups in total. The summed E-state index contributed by atoms with van der Waals surface area (Å²) in [6.07, 6.45) is 5.13. The van der Waals surface area contributed by atoms with Gasteiger partial charge in [0.2, 0.25) is 11.8 Å². The van der Waals surface area contributed by atoms with Crippen LogP contribution in [0.3, 0.4) is 0 Å². The zero-order chi connectivity index (χ0) is 23.4. The summed E-state index contributed by atoms with van der Waals surface area (Å²) in [5.74, 6) is 0.775. The molecule has 4 rings (SSSR count). The number of benzene rings is 1. The van der Waals surface area contributed by atoms with Crippen LogP contribution in [0.15, 0.2) is 46.3 Å². The van der Waals surface area contributed by atoms with E-state index in [2.05, 4.69) is 25.7 Å². The normalized spacial score (nSPS) is 18.6. The average molecular weight is 490 g/mol. The lowest BCUT2D eigenvalue weighted by Crippen LogP contribution is -2.44. The second-order valence-electron chi connectivity index (χ2n) is 8.43. The molecule has 1 saturated carbocycles. The average Bonchev–Trinajstić information content (AvgIpc) is 3.62. The predicted octanol–water partition coefficient (Wildman–Crippen LogP) is 2.11. The van der Waals surface area contributed by atoms with Crippen molar-refractivity contribution in [2.24, 2.45) is 5.92 Å². The molecule has 33 heavy (non-hydrogen) atoms. The minimum Gasteiger partial charge on any atom is -0.354 e. The summed E-state index contributed by atoms with van der Waals surface area (Å²) in [6.45, 7) is 1.48. The van der Waals surface area contributed by atoms with E-state index in [9.17, 15) is 18.0 Å². The van der Waals surface area contributed by atoms with Crippen molar-refractivity contribution >= 4 is 44.9 Å². The zero-order valence-electron chi connectivity index (χ0n) is 18.4. The third-order valence-electron chi connectivity index (χ3n) is 5.58. The van der Waals surface area contributed by atoms with Crippen molar-refractivity contribution in [2.45, 2.75) is 41.6 Å². The fourth-order valence-electron chi connectivity index (χ4n) is 3.63. The molecule has 1 aromatic heterocycles. The number of nitrogens with zero attached hydrogens (tertiary/aromatic N) is 3. The maximum absolute atomic E-state index is 12.4. The standard InChI is InChI=1S/C22H27N5O4S2/c1-33(30,31)18-8-6-16(7-9-18)23-20(28)14-32-21-11-10-19(25-26-21)27-12-2-3-15(13-27)22(29)24-17-4-5-17/h6-11,15,17H,2-5,12-14H2,1H3,(H,23,28)(H,24,29)/t15-/m0/s1. The Morgan fingerprint density at radius 3 is 2.48 bits per heavy atom. The van der Waals surface area contributed by atoms with Crippen molar-refractivity contribution in [3.05, 3.63) is 36.4 Å². The maximum atomic E-state index is 12.4. The first-order valence-corrected chi connectivity index (χ1v) is 13.8. The summed E-state index contributed by atoms with van der Waals surface area (Å²) in [6, 6.07) is 10.1. The zero-order valence-corrected chi connectivity index (χ0v) is 20.0. The molecule has 2 aliphatic rings. The molecule has 1 atom stereocenters. The van der Waals surface area contributed by atoms with Gasteiger partial charge in [-0.25, -0.2) is 8.42 Å². The number of anilines is 2. The molecule has 9 nitrogen and oxygen atoms in total. The van der Waals surface area contributed by atoms with E-state index in [0.29, 0.717) is 23.3 Å². The highest BCUT2D eigenvalue weighted by atomic mass is 32.2. The van der Waals surface area contributed by atoms with Crippen LogP contribution in [-0.4, -0.2) is 61.6 Å². The Kier molecular flexibility index (Phi) is 7.18. The summed E-state index contributed by atoms with van der Waals surface area (Å²) in [5, 5.41) is 15.0. The van der Waals surface area contributed by atoms with Gasteiger partial charge in [0.15, 0.2) is 15.7 Å². The van der Waals surface area contributed by atoms with E-state index >= 15 is 0 Å². The Bertz CT molecular complexity index is 1100. The van der Waals surface area contributed by atoms with E-state index < -0.39 is 9.84 Å². The number of nitrogens with one attached hydrogen (secondary N) is 2. The first-order valence-electron chi connectivity index (χ1n) is 10.9. The molecule has 2 amide bonds. The third-order valence-corrected chi connectivity index (χ3v) is 7.63. The van der Waals surface area contributed by atoms with Crippen molar-refractivity contribution < 1.29 is 18.0 Å². The fraction of sp³-hybridized carbons (Fsp3) is 0.455. The van der Waals surface area contributed by atoms with Crippen molar-refractivity contribution in [2.75, 3.05) is 35.3 Å². The highest BCUT2D eigenvalue weighted by Gasteiger charge is 2.31. The van der Waals surface area contributed by atoms with Crippen LogP contribution in [0.4, 0.5) is 11.5 Å². The number of hydrogen-bond acceptors (Lipinski definition) is 8. The number of aromatic nitrogens is 2. The lowest BCUT2D eigenvalue weighted by molar-refractivity contribution is -0.125. The molecule has 11 heteroatoms. The Hall–Kier alpha value is -2.66. The highest BCUT2D eigenvalue weighted by molar-refractivity contribution is 7.99. The summed E-state index contributed by atoms with van der Waals surface area (Å²) in [4.78, 5) is 26.9. The fourth-order valence-corrected chi connectivity index (χ4v) is 4.87. The molecule has 2 heterocycles. The van der Waals surface area contributed by atoms with Crippen LogP contribution in [0, 0.1) is 5.92 Å². The van der Waals surface area contributed by atoms with E-state index in [0.717, 1.165) is 44.3 Å². The van der Waals surface area contributed by atoms with Gasteiger partial charge in [-0.3, -0.25) is 9.59 Å². The van der Waals surface area contributed by atoms with E-state index in [4.69, 9.17) is 0 Å². The summed E-state index contributed by atoms with van der Waals surface area (Å²) in [5.41, 5.74) is 0.528. The molecule has 0 spiro atoms. The summed E-state index contributed by atoms with van der Waals surface area (Å²) in [7, 11) is -3.27. The molecule has 1 aliphatic heterocycles. The van der Waals surface area contributed by atoms with E-state index in [1.54, 1.807) is 12.1 Å². The molecule has 0 bridgehead atoms. The quantitative estimate of drug-likeness (QED) is 0.541. The minimum atomic E-state index is -3.27. The maximum Gasteiger partial charge on any atom is 0.234 e. The molecule has 2 aromatic rings. The van der Waals surface area contributed by atoms with E-state index in [1.807, 2.05) is 12.1 Å². The SMILES string of the molecule is CS(=O)(=O)c1ccc(NC(=O)CSc2ccc(N3CCC[C@H](C(=O)NC4CC4)C3)nn2)cc1. The second kappa shape index (κ2) is 10.1. The van der Waals surface area contributed by atoms with Gasteiger partial charge in [-0.2, -0.15) is 0 Å². The van der Waals surface area contributed by atoms with Gasteiger partial charge in [-0.1, -0.05) is 11.8 Å². The number of sulfone groups is 1. The number of carbonyl (C=O) groups is 2. The molecule has 2 fully saturated rings. The van der Waals surface area contributed by atoms with Crippen molar-refractivity contribution in [3.63, 3.8) is 0 Å². The molecule has 0 radical (unpaired) electrons. The summed E-state index contributed by atoms with van der Waals surface area (Å²) < 4.78 is 23.0.